The molecular weight excluding hydrogens is 346 g/mol. The number of carboxylic acid groups (broad SMARTS) is 2. The molecule has 1 aromatic rings. The first kappa shape index (κ1) is 18.9. The van der Waals surface area contributed by atoms with Crippen LogP contribution in [0.2, 0.25) is 0 Å². The van der Waals surface area contributed by atoms with Gasteiger partial charge in [-0.2, -0.15) is 0 Å². The van der Waals surface area contributed by atoms with Gasteiger partial charge >= 0.3 is 11.9 Å². The molecule has 0 spiro atoms. The summed E-state index contributed by atoms with van der Waals surface area (Å²) in [7, 11) is 0. The minimum absolute atomic E-state index is 0. The Bertz CT molecular complexity index is 734. The van der Waals surface area contributed by atoms with E-state index in [4.69, 9.17) is 10.2 Å². The Morgan fingerprint density at radius 3 is 2.29 bits per heavy atom. The number of nitrogens with one attached hydrogen (secondary N) is 3. The Kier molecular flexibility index (Phi) is 5.84. The van der Waals surface area contributed by atoms with Crippen LogP contribution in [0.3, 0.4) is 0 Å². The smallest absolute Gasteiger partial charge is 0.337 e. The van der Waals surface area contributed by atoms with E-state index in [0.29, 0.717) is 0 Å². The maximum Gasteiger partial charge on any atom is 0.337 e. The van der Waals surface area contributed by atoms with Gasteiger partial charge in [-0.05, 0) is 18.2 Å². The SMILES string of the molecule is Cl.O=C1CC(C(=O)NNc2cc(C(=O)O)ccc2C(=O)O)C(=O)N1. The molecule has 0 aliphatic carbocycles. The van der Waals surface area contributed by atoms with E-state index in [0.717, 1.165) is 18.2 Å². The summed E-state index contributed by atoms with van der Waals surface area (Å²) in [5.41, 5.74) is 3.72. The molecule has 1 aliphatic heterocycles. The van der Waals surface area contributed by atoms with E-state index in [9.17, 15) is 24.0 Å². The predicted octanol–water partition coefficient (Wildman–Crippen LogP) is -0.389. The van der Waals surface area contributed by atoms with Crippen molar-refractivity contribution >= 4 is 47.8 Å². The first-order valence-electron chi connectivity index (χ1n) is 6.30. The largest absolute Gasteiger partial charge is 0.478 e. The summed E-state index contributed by atoms with van der Waals surface area (Å²) in [6.45, 7) is 0. The number of carbonyl (C=O) groups excluding carboxylic acids is 3. The van der Waals surface area contributed by atoms with Crippen LogP contribution >= 0.6 is 12.4 Å². The minimum Gasteiger partial charge on any atom is -0.478 e. The molecule has 24 heavy (non-hydrogen) atoms. The highest BCUT2D eigenvalue weighted by Crippen LogP contribution is 2.18. The topological polar surface area (TPSA) is 162 Å². The fourth-order valence-corrected chi connectivity index (χ4v) is 1.95. The van der Waals surface area contributed by atoms with Gasteiger partial charge in [0.15, 0.2) is 0 Å². The van der Waals surface area contributed by atoms with E-state index in [2.05, 4.69) is 10.9 Å². The van der Waals surface area contributed by atoms with E-state index in [1.165, 1.54) is 0 Å². The zero-order valence-electron chi connectivity index (χ0n) is 11.9. The first-order chi connectivity index (χ1) is 10.8. The van der Waals surface area contributed by atoms with E-state index in [1.807, 2.05) is 5.32 Å². The van der Waals surface area contributed by atoms with Crippen molar-refractivity contribution in [2.45, 2.75) is 6.42 Å². The lowest BCUT2D eigenvalue weighted by Gasteiger charge is -2.13. The number of imide groups is 1. The highest BCUT2D eigenvalue weighted by atomic mass is 35.5. The van der Waals surface area contributed by atoms with Crippen molar-refractivity contribution in [1.82, 2.24) is 10.7 Å². The van der Waals surface area contributed by atoms with Crippen molar-refractivity contribution in [2.75, 3.05) is 5.43 Å². The number of aromatic carboxylic acids is 2. The highest BCUT2D eigenvalue weighted by Gasteiger charge is 2.36. The molecule has 11 heteroatoms. The molecular formula is C13H12ClN3O7. The number of benzene rings is 1. The number of hydrogen-bond donors (Lipinski definition) is 5. The molecule has 10 nitrogen and oxygen atoms in total. The van der Waals surface area contributed by atoms with Crippen molar-refractivity contribution in [1.29, 1.82) is 0 Å². The lowest BCUT2D eigenvalue weighted by molar-refractivity contribution is -0.132. The summed E-state index contributed by atoms with van der Waals surface area (Å²) < 4.78 is 0. The maximum atomic E-state index is 11.8. The Balaban J connectivity index is 0.00000288. The van der Waals surface area contributed by atoms with Crippen LogP contribution in [-0.2, 0) is 14.4 Å². The number of amides is 3. The van der Waals surface area contributed by atoms with E-state index in [1.54, 1.807) is 0 Å². The maximum absolute atomic E-state index is 11.8. The second-order valence-electron chi connectivity index (χ2n) is 4.65. The van der Waals surface area contributed by atoms with Crippen LogP contribution in [0, 0.1) is 5.92 Å². The molecule has 5 N–H and O–H groups in total. The summed E-state index contributed by atoms with van der Waals surface area (Å²) in [4.78, 5) is 56.2. The quantitative estimate of drug-likeness (QED) is 0.270. The third kappa shape index (κ3) is 3.98. The van der Waals surface area contributed by atoms with Gasteiger partial charge in [-0.1, -0.05) is 0 Å². The number of hydrazine groups is 1. The second-order valence-corrected chi connectivity index (χ2v) is 4.65. The van der Waals surface area contributed by atoms with Crippen molar-refractivity contribution < 1.29 is 34.2 Å². The lowest BCUT2D eigenvalue weighted by Crippen LogP contribution is -2.38. The molecule has 0 aromatic heterocycles. The number of rotatable bonds is 5. The molecule has 0 saturated carbocycles. The molecule has 0 bridgehead atoms. The monoisotopic (exact) mass is 357 g/mol. The van der Waals surface area contributed by atoms with Crippen LogP contribution in [0.5, 0.6) is 0 Å². The first-order valence-corrected chi connectivity index (χ1v) is 6.30. The van der Waals surface area contributed by atoms with Crippen LogP contribution in [-0.4, -0.2) is 39.9 Å². The molecule has 1 aliphatic rings. The molecule has 1 atom stereocenters. The molecule has 1 heterocycles. The number of anilines is 1. The van der Waals surface area contributed by atoms with Gasteiger partial charge < -0.3 is 10.2 Å². The second kappa shape index (κ2) is 7.42. The Hall–Kier alpha value is -3.14. The van der Waals surface area contributed by atoms with Crippen molar-refractivity contribution in [3.8, 4) is 0 Å². The lowest BCUT2D eigenvalue weighted by atomic mass is 10.1. The number of hydrogen-bond acceptors (Lipinski definition) is 6. The van der Waals surface area contributed by atoms with Crippen LogP contribution in [0.15, 0.2) is 18.2 Å². The fourth-order valence-electron chi connectivity index (χ4n) is 1.95. The molecule has 128 valence electrons. The highest BCUT2D eigenvalue weighted by molar-refractivity contribution is 6.13. The fraction of sp³-hybridized carbons (Fsp3) is 0.154. The Morgan fingerprint density at radius 2 is 1.79 bits per heavy atom. The summed E-state index contributed by atoms with van der Waals surface area (Å²) >= 11 is 0. The third-order valence-corrected chi connectivity index (χ3v) is 3.10. The Labute approximate surface area is 140 Å². The average molecular weight is 358 g/mol. The van der Waals surface area contributed by atoms with Gasteiger partial charge in [0.05, 0.1) is 16.8 Å². The summed E-state index contributed by atoms with van der Waals surface area (Å²) in [6, 6.07) is 3.18. The molecule has 2 rings (SSSR count). The molecule has 1 fully saturated rings. The van der Waals surface area contributed by atoms with Crippen molar-refractivity contribution in [3.63, 3.8) is 0 Å². The summed E-state index contributed by atoms with van der Waals surface area (Å²) in [5.74, 6) is -6.04. The van der Waals surface area contributed by atoms with Crippen molar-refractivity contribution in [2.24, 2.45) is 5.92 Å². The zero-order valence-corrected chi connectivity index (χ0v) is 12.7. The molecule has 1 unspecified atom stereocenters. The van der Waals surface area contributed by atoms with Gasteiger partial charge in [0.25, 0.3) is 5.91 Å². The van der Waals surface area contributed by atoms with Crippen LogP contribution in [0.1, 0.15) is 27.1 Å². The minimum atomic E-state index is -1.34. The van der Waals surface area contributed by atoms with Gasteiger partial charge in [0.1, 0.15) is 5.92 Å². The van der Waals surface area contributed by atoms with Gasteiger partial charge in [-0.25, -0.2) is 9.59 Å². The zero-order chi connectivity index (χ0) is 17.1. The molecule has 1 aromatic carbocycles. The average Bonchev–Trinajstić information content (AvgIpc) is 2.83. The van der Waals surface area contributed by atoms with E-state index in [-0.39, 0.29) is 35.6 Å². The molecule has 1 saturated heterocycles. The predicted molar refractivity (Wildman–Crippen MR) is 80.6 cm³/mol. The van der Waals surface area contributed by atoms with Crippen LogP contribution in [0.4, 0.5) is 5.69 Å². The van der Waals surface area contributed by atoms with Gasteiger partial charge in [-0.15, -0.1) is 12.4 Å². The normalized spacial score (nSPS) is 15.9. The number of halogens is 1. The van der Waals surface area contributed by atoms with Gasteiger partial charge in [0, 0.05) is 6.42 Å². The Morgan fingerprint density at radius 1 is 1.12 bits per heavy atom. The standard InChI is InChI=1S/C13H11N3O7.ClH/c17-9-4-7(10(18)14-9)11(19)16-15-8-3-5(12(20)21)1-2-6(8)13(22)23;/h1-3,7,15H,4H2,(H,16,19)(H,20,21)(H,22,23)(H,14,17,18);1H. The molecule has 3 amide bonds. The van der Waals surface area contributed by atoms with E-state index < -0.39 is 35.6 Å². The molecule has 0 radical (unpaired) electrons. The van der Waals surface area contributed by atoms with Gasteiger partial charge in [-0.3, -0.25) is 30.6 Å². The van der Waals surface area contributed by atoms with Gasteiger partial charge in [0.2, 0.25) is 11.8 Å². The van der Waals surface area contributed by atoms with Crippen LogP contribution < -0.4 is 16.2 Å². The van der Waals surface area contributed by atoms with Crippen molar-refractivity contribution in [3.05, 3.63) is 29.3 Å². The summed E-state index contributed by atoms with van der Waals surface area (Å²) in [6.07, 6.45) is -0.312. The number of carboxylic acids is 2. The third-order valence-electron chi connectivity index (χ3n) is 3.10. The van der Waals surface area contributed by atoms with E-state index >= 15 is 0 Å². The van der Waals surface area contributed by atoms with Crippen LogP contribution in [0.25, 0.3) is 0 Å². The summed E-state index contributed by atoms with van der Waals surface area (Å²) in [5, 5.41) is 19.9. The number of carbonyl (C=O) groups is 5.